The van der Waals surface area contributed by atoms with Gasteiger partial charge in [0.1, 0.15) is 23.4 Å². The third-order valence-electron chi connectivity index (χ3n) is 5.33. The molecule has 1 aliphatic heterocycles. The molecule has 5 rings (SSSR count). The molecular weight excluding hydrogens is 393 g/mol. The van der Waals surface area contributed by atoms with Crippen LogP contribution in [0.3, 0.4) is 0 Å². The maximum atomic E-state index is 14.1. The SMILES string of the molecule is CC(C)(C#N)C#Cc1cccc2c1CCCN2c1nc2nncn2c2ncc(F)cc12. The molecule has 0 atom stereocenters. The number of pyridine rings is 1. The van der Waals surface area contributed by atoms with Gasteiger partial charge in [0, 0.05) is 17.8 Å². The van der Waals surface area contributed by atoms with Crippen LogP contribution in [0.2, 0.25) is 0 Å². The molecule has 0 fully saturated rings. The monoisotopic (exact) mass is 411 g/mol. The highest BCUT2D eigenvalue weighted by Crippen LogP contribution is 2.37. The molecule has 0 bridgehead atoms. The lowest BCUT2D eigenvalue weighted by atomic mass is 9.93. The average molecular weight is 411 g/mol. The summed E-state index contributed by atoms with van der Waals surface area (Å²) >= 11 is 0. The van der Waals surface area contributed by atoms with Gasteiger partial charge in [-0.2, -0.15) is 10.2 Å². The van der Waals surface area contributed by atoms with E-state index in [0.29, 0.717) is 22.6 Å². The number of nitriles is 1. The van der Waals surface area contributed by atoms with Gasteiger partial charge in [0.25, 0.3) is 5.78 Å². The fraction of sp³-hybridized carbons (Fsp3) is 0.261. The summed E-state index contributed by atoms with van der Waals surface area (Å²) in [6.45, 7) is 4.32. The van der Waals surface area contributed by atoms with Crippen LogP contribution in [0.15, 0.2) is 36.8 Å². The molecule has 4 aromatic rings. The Kier molecular flexibility index (Phi) is 4.30. The summed E-state index contributed by atoms with van der Waals surface area (Å²) in [6.07, 6.45) is 4.45. The Morgan fingerprint density at radius 3 is 2.97 bits per heavy atom. The van der Waals surface area contributed by atoms with Gasteiger partial charge in [-0.25, -0.2) is 13.8 Å². The highest BCUT2D eigenvalue weighted by molar-refractivity contribution is 5.92. The number of hydrogen-bond donors (Lipinski definition) is 0. The van der Waals surface area contributed by atoms with E-state index < -0.39 is 11.2 Å². The summed E-state index contributed by atoms with van der Waals surface area (Å²) in [7, 11) is 0. The first-order valence-corrected chi connectivity index (χ1v) is 9.96. The summed E-state index contributed by atoms with van der Waals surface area (Å²) in [4.78, 5) is 11.0. The fourth-order valence-corrected chi connectivity index (χ4v) is 3.82. The molecule has 31 heavy (non-hydrogen) atoms. The van der Waals surface area contributed by atoms with Crippen molar-refractivity contribution in [3.8, 4) is 17.9 Å². The van der Waals surface area contributed by atoms with Gasteiger partial charge >= 0.3 is 0 Å². The Balaban J connectivity index is 1.71. The number of anilines is 2. The van der Waals surface area contributed by atoms with Gasteiger partial charge in [-0.1, -0.05) is 17.9 Å². The van der Waals surface area contributed by atoms with Gasteiger partial charge in [-0.05, 0) is 50.5 Å². The fourth-order valence-electron chi connectivity index (χ4n) is 3.82. The molecule has 1 aromatic carbocycles. The van der Waals surface area contributed by atoms with Gasteiger partial charge in [0.05, 0.1) is 17.7 Å². The maximum absolute atomic E-state index is 14.1. The Morgan fingerprint density at radius 1 is 1.26 bits per heavy atom. The lowest BCUT2D eigenvalue weighted by Crippen LogP contribution is -2.26. The molecule has 3 aromatic heterocycles. The molecule has 0 spiro atoms. The smallest absolute Gasteiger partial charge is 0.258 e. The van der Waals surface area contributed by atoms with Crippen LogP contribution in [0.4, 0.5) is 15.9 Å². The lowest BCUT2D eigenvalue weighted by molar-refractivity contribution is 0.623. The van der Waals surface area contributed by atoms with Crippen molar-refractivity contribution in [3.63, 3.8) is 0 Å². The molecule has 0 radical (unpaired) electrons. The standard InChI is InChI=1S/C23H18FN7/c1-23(2,13-25)9-8-15-5-3-7-19-17(15)6-4-10-30(19)21-18-11-16(24)12-26-20(18)31-14-27-29-22(31)28-21/h3,5,7,11-12,14H,4,6,10H2,1-2H3. The molecule has 7 nitrogen and oxygen atoms in total. The Bertz CT molecular complexity index is 1440. The van der Waals surface area contributed by atoms with Crippen LogP contribution in [0, 0.1) is 34.4 Å². The van der Waals surface area contributed by atoms with Gasteiger partial charge in [0.2, 0.25) is 0 Å². The van der Waals surface area contributed by atoms with Crippen molar-refractivity contribution < 1.29 is 4.39 Å². The van der Waals surface area contributed by atoms with Crippen LogP contribution >= 0.6 is 0 Å². The van der Waals surface area contributed by atoms with E-state index in [9.17, 15) is 9.65 Å². The molecular formula is C23H18FN7. The van der Waals surface area contributed by atoms with Crippen molar-refractivity contribution in [2.45, 2.75) is 26.7 Å². The largest absolute Gasteiger partial charge is 0.325 e. The van der Waals surface area contributed by atoms with E-state index in [0.717, 1.165) is 36.2 Å². The van der Waals surface area contributed by atoms with Gasteiger partial charge in [-0.15, -0.1) is 10.2 Å². The van der Waals surface area contributed by atoms with Gasteiger partial charge in [0.15, 0.2) is 5.65 Å². The zero-order valence-electron chi connectivity index (χ0n) is 17.1. The minimum Gasteiger partial charge on any atom is -0.325 e. The number of rotatable bonds is 1. The summed E-state index contributed by atoms with van der Waals surface area (Å²) in [6, 6.07) is 9.58. The molecule has 4 heterocycles. The van der Waals surface area contributed by atoms with Crippen LogP contribution in [0.1, 0.15) is 31.4 Å². The van der Waals surface area contributed by atoms with E-state index in [1.807, 2.05) is 18.2 Å². The summed E-state index contributed by atoms with van der Waals surface area (Å²) in [5, 5.41) is 17.9. The topological polar surface area (TPSA) is 83.0 Å². The van der Waals surface area contributed by atoms with Crippen molar-refractivity contribution in [1.82, 2.24) is 24.6 Å². The second kappa shape index (κ2) is 7.03. The Morgan fingerprint density at radius 2 is 2.13 bits per heavy atom. The third kappa shape index (κ3) is 3.23. The van der Waals surface area contributed by atoms with Crippen molar-refractivity contribution in [3.05, 3.63) is 53.7 Å². The summed E-state index contributed by atoms with van der Waals surface area (Å²) in [5.74, 6) is 6.81. The Hall–Kier alpha value is -4.04. The second-order valence-electron chi connectivity index (χ2n) is 8.01. The molecule has 8 heteroatoms. The second-order valence-corrected chi connectivity index (χ2v) is 8.01. The number of halogens is 1. The first kappa shape index (κ1) is 19.0. The molecule has 0 saturated heterocycles. The van der Waals surface area contributed by atoms with Gasteiger partial charge in [-0.3, -0.25) is 0 Å². The first-order chi connectivity index (χ1) is 15.0. The maximum Gasteiger partial charge on any atom is 0.258 e. The van der Waals surface area contributed by atoms with Crippen LogP contribution in [-0.2, 0) is 6.42 Å². The zero-order valence-corrected chi connectivity index (χ0v) is 17.1. The van der Waals surface area contributed by atoms with E-state index in [1.54, 1.807) is 18.2 Å². The summed E-state index contributed by atoms with van der Waals surface area (Å²) in [5.41, 5.74) is 2.77. The van der Waals surface area contributed by atoms with Crippen molar-refractivity contribution in [2.24, 2.45) is 5.41 Å². The minimum atomic E-state index is -0.725. The van der Waals surface area contributed by atoms with Crippen LogP contribution in [0.25, 0.3) is 16.8 Å². The zero-order chi connectivity index (χ0) is 21.6. The number of hydrogen-bond acceptors (Lipinski definition) is 6. The van der Waals surface area contributed by atoms with Crippen LogP contribution < -0.4 is 4.90 Å². The van der Waals surface area contributed by atoms with E-state index in [4.69, 9.17) is 0 Å². The highest BCUT2D eigenvalue weighted by Gasteiger charge is 2.25. The third-order valence-corrected chi connectivity index (χ3v) is 5.33. The van der Waals surface area contributed by atoms with E-state index in [1.165, 1.54) is 18.6 Å². The van der Waals surface area contributed by atoms with Crippen molar-refractivity contribution in [2.75, 3.05) is 11.4 Å². The predicted octanol–water partition coefficient (Wildman–Crippen LogP) is 3.80. The number of benzene rings is 1. The molecule has 0 aliphatic carbocycles. The Labute approximate surface area is 178 Å². The van der Waals surface area contributed by atoms with E-state index in [2.05, 4.69) is 43.0 Å². The first-order valence-electron chi connectivity index (χ1n) is 9.96. The van der Waals surface area contributed by atoms with E-state index in [-0.39, 0.29) is 0 Å². The predicted molar refractivity (Wildman–Crippen MR) is 114 cm³/mol. The van der Waals surface area contributed by atoms with Crippen molar-refractivity contribution >= 4 is 28.3 Å². The molecule has 0 saturated carbocycles. The molecule has 0 amide bonds. The molecule has 0 N–H and O–H groups in total. The number of fused-ring (bicyclic) bond motifs is 4. The van der Waals surface area contributed by atoms with Crippen LogP contribution in [0.5, 0.6) is 0 Å². The lowest BCUT2D eigenvalue weighted by Gasteiger charge is -2.31. The van der Waals surface area contributed by atoms with Crippen molar-refractivity contribution in [1.29, 1.82) is 5.26 Å². The summed E-state index contributed by atoms with van der Waals surface area (Å²) < 4.78 is 15.8. The normalized spacial score (nSPS) is 13.5. The average Bonchev–Trinajstić information content (AvgIpc) is 3.25. The molecule has 0 unspecified atom stereocenters. The van der Waals surface area contributed by atoms with E-state index >= 15 is 0 Å². The quantitative estimate of drug-likeness (QED) is 0.443. The number of nitrogens with zero attached hydrogens (tertiary/aromatic N) is 7. The molecule has 152 valence electrons. The highest BCUT2D eigenvalue weighted by atomic mass is 19.1. The minimum absolute atomic E-state index is 0.403. The van der Waals surface area contributed by atoms with Crippen LogP contribution in [-0.4, -0.2) is 31.1 Å². The number of aromatic nitrogens is 5. The molecule has 1 aliphatic rings. The van der Waals surface area contributed by atoms with Gasteiger partial charge < -0.3 is 4.90 Å².